The van der Waals surface area contributed by atoms with Gasteiger partial charge in [-0.15, -0.1) is 0 Å². The Bertz CT molecular complexity index is 810. The van der Waals surface area contributed by atoms with E-state index in [9.17, 15) is 0 Å². The number of hydrogen-bond donors (Lipinski definition) is 2. The van der Waals surface area contributed by atoms with Gasteiger partial charge in [-0.3, -0.25) is 4.98 Å². The number of nitrogens with one attached hydrogen (secondary N) is 2. The first-order valence-corrected chi connectivity index (χ1v) is 10.3. The Hall–Kier alpha value is -2.14. The van der Waals surface area contributed by atoms with Gasteiger partial charge in [0.1, 0.15) is 0 Å². The zero-order chi connectivity index (χ0) is 18.7. The average molecular weight is 367 g/mol. The highest BCUT2D eigenvalue weighted by Gasteiger charge is 2.59. The Morgan fingerprint density at radius 3 is 2.85 bits per heavy atom. The fourth-order valence-electron chi connectivity index (χ4n) is 4.58. The second kappa shape index (κ2) is 7.85. The van der Waals surface area contributed by atoms with Gasteiger partial charge in [0.15, 0.2) is 5.96 Å². The van der Waals surface area contributed by atoms with Crippen molar-refractivity contribution in [1.29, 1.82) is 0 Å². The number of aliphatic imine (C=N–C) groups is 1. The van der Waals surface area contributed by atoms with Crippen LogP contribution >= 0.6 is 0 Å². The molecule has 1 aromatic carbocycles. The lowest BCUT2D eigenvalue weighted by Crippen LogP contribution is -2.68. The van der Waals surface area contributed by atoms with Crippen molar-refractivity contribution >= 4 is 16.9 Å². The van der Waals surface area contributed by atoms with E-state index in [2.05, 4.69) is 53.7 Å². The average Bonchev–Trinajstić information content (AvgIpc) is 2.63. The number of hydrogen-bond acceptors (Lipinski definition) is 3. The van der Waals surface area contributed by atoms with E-state index in [1.165, 1.54) is 30.2 Å². The summed E-state index contributed by atoms with van der Waals surface area (Å²) in [5.74, 6) is 0.907. The number of aromatic nitrogens is 1. The van der Waals surface area contributed by atoms with Gasteiger partial charge < -0.3 is 15.4 Å². The number of para-hydroxylation sites is 1. The summed E-state index contributed by atoms with van der Waals surface area (Å²) in [5, 5.41) is 8.29. The van der Waals surface area contributed by atoms with Gasteiger partial charge in [0.05, 0.1) is 18.2 Å². The third-order valence-corrected chi connectivity index (χ3v) is 6.24. The van der Waals surface area contributed by atoms with E-state index in [1.807, 2.05) is 12.3 Å². The predicted octanol–water partition coefficient (Wildman–Crippen LogP) is 3.64. The molecule has 2 unspecified atom stereocenters. The summed E-state index contributed by atoms with van der Waals surface area (Å²) in [7, 11) is 0. The van der Waals surface area contributed by atoms with E-state index >= 15 is 0 Å². The van der Waals surface area contributed by atoms with Crippen molar-refractivity contribution < 1.29 is 4.74 Å². The van der Waals surface area contributed by atoms with Gasteiger partial charge in [-0.05, 0) is 50.8 Å². The number of pyridine rings is 1. The molecule has 1 aromatic heterocycles. The van der Waals surface area contributed by atoms with Crippen molar-refractivity contribution in [2.24, 2.45) is 10.4 Å². The van der Waals surface area contributed by atoms with Crippen molar-refractivity contribution in [2.75, 3.05) is 13.2 Å². The molecule has 0 bridgehead atoms. The summed E-state index contributed by atoms with van der Waals surface area (Å²) in [6.07, 6.45) is 7.22. The van der Waals surface area contributed by atoms with Crippen LogP contribution in [0, 0.1) is 5.41 Å². The first kappa shape index (κ1) is 18.2. The third kappa shape index (κ3) is 3.41. The number of fused-ring (bicyclic) bond motifs is 1. The van der Waals surface area contributed by atoms with E-state index in [0.717, 1.165) is 31.0 Å². The zero-order valence-corrected chi connectivity index (χ0v) is 16.4. The number of rotatable bonds is 6. The van der Waals surface area contributed by atoms with Crippen molar-refractivity contribution in [2.45, 2.75) is 58.2 Å². The molecule has 0 saturated heterocycles. The van der Waals surface area contributed by atoms with E-state index in [1.54, 1.807) is 0 Å². The first-order valence-electron chi connectivity index (χ1n) is 10.3. The van der Waals surface area contributed by atoms with Gasteiger partial charge in [0.2, 0.25) is 0 Å². The van der Waals surface area contributed by atoms with Crippen LogP contribution in [0.25, 0.3) is 10.9 Å². The van der Waals surface area contributed by atoms with Crippen LogP contribution in [-0.4, -0.2) is 36.2 Å². The van der Waals surface area contributed by atoms with Crippen LogP contribution in [0.15, 0.2) is 41.5 Å². The highest BCUT2D eigenvalue weighted by Crippen LogP contribution is 2.57. The quantitative estimate of drug-likeness (QED) is 0.605. The van der Waals surface area contributed by atoms with Gasteiger partial charge in [0, 0.05) is 36.2 Å². The smallest absolute Gasteiger partial charge is 0.191 e. The van der Waals surface area contributed by atoms with E-state index < -0.39 is 0 Å². The van der Waals surface area contributed by atoms with Crippen molar-refractivity contribution in [1.82, 2.24) is 15.6 Å². The maximum Gasteiger partial charge on any atom is 0.191 e. The third-order valence-electron chi connectivity index (χ3n) is 6.24. The van der Waals surface area contributed by atoms with Crippen LogP contribution < -0.4 is 10.6 Å². The normalized spacial score (nSPS) is 23.7. The molecule has 144 valence electrons. The highest BCUT2D eigenvalue weighted by molar-refractivity contribution is 5.83. The Morgan fingerprint density at radius 1 is 1.26 bits per heavy atom. The maximum absolute atomic E-state index is 5.98. The fourth-order valence-corrected chi connectivity index (χ4v) is 4.58. The predicted molar refractivity (Wildman–Crippen MR) is 110 cm³/mol. The van der Waals surface area contributed by atoms with Crippen molar-refractivity contribution in [3.05, 3.63) is 42.1 Å². The molecule has 2 aromatic rings. The fraction of sp³-hybridized carbons (Fsp3) is 0.545. The lowest BCUT2D eigenvalue weighted by atomic mass is 9.51. The molecule has 0 aliphatic heterocycles. The Labute approximate surface area is 161 Å². The summed E-state index contributed by atoms with van der Waals surface area (Å²) >= 11 is 0. The molecule has 2 aliphatic rings. The molecule has 5 nitrogen and oxygen atoms in total. The first-order chi connectivity index (χ1) is 13.3. The molecule has 5 heteroatoms. The minimum Gasteiger partial charge on any atom is -0.378 e. The molecule has 4 rings (SSSR count). The molecule has 2 saturated carbocycles. The molecule has 2 N–H and O–H groups in total. The van der Waals surface area contributed by atoms with Crippen LogP contribution in [0.1, 0.15) is 45.1 Å². The summed E-state index contributed by atoms with van der Waals surface area (Å²) in [5.41, 5.74) is 2.56. The highest BCUT2D eigenvalue weighted by atomic mass is 16.5. The summed E-state index contributed by atoms with van der Waals surface area (Å²) in [4.78, 5) is 9.32. The molecule has 2 atom stereocenters. The summed E-state index contributed by atoms with van der Waals surface area (Å²) in [6.45, 7) is 6.52. The Balaban J connectivity index is 1.48. The molecule has 2 fully saturated rings. The molecule has 1 spiro atoms. The minimum atomic E-state index is 0.329. The van der Waals surface area contributed by atoms with E-state index in [-0.39, 0.29) is 0 Å². The topological polar surface area (TPSA) is 58.5 Å². The largest absolute Gasteiger partial charge is 0.378 e. The lowest BCUT2D eigenvalue weighted by Gasteiger charge is -2.61. The molecular formula is C22H30N4O. The van der Waals surface area contributed by atoms with E-state index in [4.69, 9.17) is 9.73 Å². The second-order valence-corrected chi connectivity index (χ2v) is 7.65. The summed E-state index contributed by atoms with van der Waals surface area (Å²) < 4.78 is 5.98. The molecule has 0 amide bonds. The Kier molecular flexibility index (Phi) is 5.30. The van der Waals surface area contributed by atoms with E-state index in [0.29, 0.717) is 24.1 Å². The molecule has 2 aliphatic carbocycles. The molecule has 0 radical (unpaired) electrons. The number of guanidine groups is 1. The summed E-state index contributed by atoms with van der Waals surface area (Å²) in [6, 6.07) is 10.8. The van der Waals surface area contributed by atoms with Gasteiger partial charge in [-0.1, -0.05) is 24.6 Å². The molecule has 27 heavy (non-hydrogen) atoms. The second-order valence-electron chi connectivity index (χ2n) is 7.65. The molecular weight excluding hydrogens is 336 g/mol. The minimum absolute atomic E-state index is 0.329. The van der Waals surface area contributed by atoms with Crippen molar-refractivity contribution in [3.8, 4) is 0 Å². The molecule has 1 heterocycles. The van der Waals surface area contributed by atoms with Crippen LogP contribution in [0.3, 0.4) is 0 Å². The van der Waals surface area contributed by atoms with Crippen LogP contribution in [0.2, 0.25) is 0 Å². The van der Waals surface area contributed by atoms with Gasteiger partial charge >= 0.3 is 0 Å². The van der Waals surface area contributed by atoms with Gasteiger partial charge in [-0.25, -0.2) is 4.99 Å². The zero-order valence-electron chi connectivity index (χ0n) is 16.4. The SMILES string of the molecule is CCNC(=NCc1ccnc2ccccc12)NC1CC(OCC)C12CCC2. The van der Waals surface area contributed by atoms with Crippen LogP contribution in [0.4, 0.5) is 0 Å². The number of nitrogens with zero attached hydrogens (tertiary/aromatic N) is 2. The number of benzene rings is 1. The number of ether oxygens (including phenoxy) is 1. The van der Waals surface area contributed by atoms with Gasteiger partial charge in [0.25, 0.3) is 0 Å². The van der Waals surface area contributed by atoms with Gasteiger partial charge in [-0.2, -0.15) is 0 Å². The van der Waals surface area contributed by atoms with Crippen LogP contribution in [-0.2, 0) is 11.3 Å². The maximum atomic E-state index is 5.98. The lowest BCUT2D eigenvalue weighted by molar-refractivity contribution is -0.168. The monoisotopic (exact) mass is 366 g/mol. The standard InChI is InChI=1S/C22H30N4O/c1-3-23-21(26-19-14-20(27-4-2)22(19)11-7-12-22)25-15-16-10-13-24-18-9-6-5-8-17(16)18/h5-6,8-10,13,19-20H,3-4,7,11-12,14-15H2,1-2H3,(H2,23,25,26). The van der Waals surface area contributed by atoms with Crippen molar-refractivity contribution in [3.63, 3.8) is 0 Å². The van der Waals surface area contributed by atoms with Crippen LogP contribution in [0.5, 0.6) is 0 Å². The Morgan fingerprint density at radius 2 is 2.11 bits per heavy atom.